The minimum atomic E-state index is -0.918. The maximum Gasteiger partial charge on any atom is 0.258 e. The second-order valence-electron chi connectivity index (χ2n) is 6.24. The van der Waals surface area contributed by atoms with Crippen LogP contribution in [0.4, 0.5) is 0 Å². The lowest BCUT2D eigenvalue weighted by molar-refractivity contribution is -0.125. The van der Waals surface area contributed by atoms with Crippen molar-refractivity contribution in [1.29, 1.82) is 5.26 Å². The van der Waals surface area contributed by atoms with Crippen LogP contribution in [0.15, 0.2) is 30.5 Å². The highest BCUT2D eigenvalue weighted by atomic mass is 16.5. The normalized spacial score (nSPS) is 11.2. The first-order valence-electron chi connectivity index (χ1n) is 9.04. The van der Waals surface area contributed by atoms with Gasteiger partial charge in [-0.25, -0.2) is 4.98 Å². The van der Waals surface area contributed by atoms with Gasteiger partial charge in [-0.3, -0.25) is 9.59 Å². The Bertz CT molecular complexity index is 936. The summed E-state index contributed by atoms with van der Waals surface area (Å²) in [6, 6.07) is 8.28. The van der Waals surface area contributed by atoms with Crippen molar-refractivity contribution in [3.05, 3.63) is 47.3 Å². The van der Waals surface area contributed by atoms with Crippen LogP contribution in [-0.2, 0) is 11.2 Å². The number of primary amides is 1. The molecule has 1 unspecified atom stereocenters. The molecule has 8 heteroatoms. The number of pyridine rings is 1. The van der Waals surface area contributed by atoms with E-state index in [4.69, 9.17) is 25.2 Å². The van der Waals surface area contributed by atoms with E-state index in [1.807, 2.05) is 13.0 Å². The third kappa shape index (κ3) is 5.23. The van der Waals surface area contributed by atoms with E-state index >= 15 is 0 Å². The summed E-state index contributed by atoms with van der Waals surface area (Å²) in [5.41, 5.74) is 6.52. The van der Waals surface area contributed by atoms with Gasteiger partial charge in [-0.15, -0.1) is 0 Å². The summed E-state index contributed by atoms with van der Waals surface area (Å²) in [4.78, 5) is 28.7. The van der Waals surface area contributed by atoms with Crippen molar-refractivity contribution >= 4 is 11.7 Å². The van der Waals surface area contributed by atoms with E-state index in [2.05, 4.69) is 4.98 Å². The van der Waals surface area contributed by atoms with Crippen molar-refractivity contribution in [2.75, 3.05) is 14.2 Å². The fraction of sp³-hybridized carbons (Fsp3) is 0.333. The van der Waals surface area contributed by atoms with Crippen molar-refractivity contribution in [3.8, 4) is 23.3 Å². The summed E-state index contributed by atoms with van der Waals surface area (Å²) >= 11 is 0. The highest BCUT2D eigenvalue weighted by Crippen LogP contribution is 2.41. The number of nitrogens with zero attached hydrogens (tertiary/aromatic N) is 2. The maximum atomic E-state index is 13.0. The Morgan fingerprint density at radius 1 is 1.21 bits per heavy atom. The monoisotopic (exact) mass is 397 g/mol. The number of carbonyl (C=O) groups is 2. The SMILES string of the molecule is CCCC(Oc1c(C(=O)Cc2ccnc(C#N)c2)ccc(OC)c1OC)C(N)=O. The number of methoxy groups -OCH3 is 2. The second-order valence-corrected chi connectivity index (χ2v) is 6.24. The molecule has 1 aromatic carbocycles. The molecule has 29 heavy (non-hydrogen) atoms. The van der Waals surface area contributed by atoms with Gasteiger partial charge in [0.05, 0.1) is 19.8 Å². The molecule has 0 aliphatic carbocycles. The lowest BCUT2D eigenvalue weighted by Gasteiger charge is -2.21. The van der Waals surface area contributed by atoms with Crippen LogP contribution >= 0.6 is 0 Å². The van der Waals surface area contributed by atoms with Gasteiger partial charge in [0.2, 0.25) is 5.75 Å². The van der Waals surface area contributed by atoms with Crippen LogP contribution in [0.1, 0.15) is 41.4 Å². The molecule has 2 rings (SSSR count). The van der Waals surface area contributed by atoms with E-state index in [0.717, 1.165) is 0 Å². The van der Waals surface area contributed by atoms with Crippen LogP contribution < -0.4 is 19.9 Å². The molecular weight excluding hydrogens is 374 g/mol. The van der Waals surface area contributed by atoms with Crippen LogP contribution in [0.5, 0.6) is 17.2 Å². The van der Waals surface area contributed by atoms with Crippen molar-refractivity contribution < 1.29 is 23.8 Å². The summed E-state index contributed by atoms with van der Waals surface area (Å²) in [5.74, 6) is -0.259. The number of benzene rings is 1. The van der Waals surface area contributed by atoms with Crippen molar-refractivity contribution in [1.82, 2.24) is 4.98 Å². The number of ether oxygens (including phenoxy) is 3. The number of rotatable bonds is 10. The highest BCUT2D eigenvalue weighted by Gasteiger charge is 2.26. The predicted molar refractivity (Wildman–Crippen MR) is 105 cm³/mol. The van der Waals surface area contributed by atoms with E-state index in [-0.39, 0.29) is 35.0 Å². The van der Waals surface area contributed by atoms with Gasteiger partial charge in [0.1, 0.15) is 11.8 Å². The topological polar surface area (TPSA) is 125 Å². The molecule has 152 valence electrons. The molecule has 0 aliphatic rings. The molecule has 0 fully saturated rings. The Morgan fingerprint density at radius 2 is 1.97 bits per heavy atom. The van der Waals surface area contributed by atoms with E-state index in [0.29, 0.717) is 24.2 Å². The van der Waals surface area contributed by atoms with Crippen LogP contribution in [0.3, 0.4) is 0 Å². The fourth-order valence-corrected chi connectivity index (χ4v) is 2.82. The zero-order valence-electron chi connectivity index (χ0n) is 16.6. The molecule has 0 saturated carbocycles. The van der Waals surface area contributed by atoms with E-state index in [1.165, 1.54) is 20.4 Å². The first kappa shape index (κ1) is 21.7. The Balaban J connectivity index is 2.47. The molecule has 1 atom stereocenters. The summed E-state index contributed by atoms with van der Waals surface area (Å²) in [6.45, 7) is 1.89. The second kappa shape index (κ2) is 10.1. The summed E-state index contributed by atoms with van der Waals surface area (Å²) in [7, 11) is 2.88. The first-order valence-corrected chi connectivity index (χ1v) is 9.04. The molecule has 1 amide bonds. The van der Waals surface area contributed by atoms with Gasteiger partial charge in [0, 0.05) is 12.6 Å². The Morgan fingerprint density at radius 3 is 2.55 bits per heavy atom. The van der Waals surface area contributed by atoms with Gasteiger partial charge >= 0.3 is 0 Å². The summed E-state index contributed by atoms with van der Waals surface area (Å²) in [5, 5.41) is 8.99. The molecule has 0 aliphatic heterocycles. The third-order valence-corrected chi connectivity index (χ3v) is 4.23. The van der Waals surface area contributed by atoms with E-state index < -0.39 is 12.0 Å². The molecule has 0 spiro atoms. The molecule has 1 aromatic heterocycles. The number of hydrogen-bond donors (Lipinski definition) is 1. The maximum absolute atomic E-state index is 13.0. The van der Waals surface area contributed by atoms with Gasteiger partial charge in [-0.05, 0) is 36.2 Å². The molecule has 2 aromatic rings. The highest BCUT2D eigenvalue weighted by molar-refractivity contribution is 6.01. The zero-order valence-corrected chi connectivity index (χ0v) is 16.6. The number of nitriles is 1. The average Bonchev–Trinajstić information content (AvgIpc) is 2.72. The van der Waals surface area contributed by atoms with Crippen LogP contribution in [0.25, 0.3) is 0 Å². The van der Waals surface area contributed by atoms with Gasteiger partial charge < -0.3 is 19.9 Å². The number of ketones is 1. The quantitative estimate of drug-likeness (QED) is 0.610. The van der Waals surface area contributed by atoms with Crippen molar-refractivity contribution in [2.45, 2.75) is 32.3 Å². The standard InChI is InChI=1S/C21H23N3O5/c1-4-5-18(21(23)26)29-19-15(6-7-17(27-2)20(19)28-3)16(25)11-13-8-9-24-14(10-13)12-22/h6-10,18H,4-5,11H2,1-3H3,(H2,23,26). The van der Waals surface area contributed by atoms with Crippen LogP contribution in [0.2, 0.25) is 0 Å². The number of nitrogens with two attached hydrogens (primary N) is 1. The van der Waals surface area contributed by atoms with Crippen molar-refractivity contribution in [2.24, 2.45) is 5.73 Å². The lowest BCUT2D eigenvalue weighted by Crippen LogP contribution is -2.34. The number of hydrogen-bond acceptors (Lipinski definition) is 7. The smallest absolute Gasteiger partial charge is 0.258 e. The average molecular weight is 397 g/mol. The van der Waals surface area contributed by atoms with Crippen molar-refractivity contribution in [3.63, 3.8) is 0 Å². The molecular formula is C21H23N3O5. The molecule has 1 heterocycles. The first-order chi connectivity index (χ1) is 13.9. The molecule has 0 radical (unpaired) electrons. The number of Topliss-reactive ketones (excluding diaryl/α,β-unsaturated/α-hetero) is 1. The summed E-state index contributed by atoms with van der Waals surface area (Å²) < 4.78 is 16.5. The van der Waals surface area contributed by atoms with Gasteiger partial charge in [0.25, 0.3) is 5.91 Å². The van der Waals surface area contributed by atoms with Crippen LogP contribution in [-0.4, -0.2) is 37.0 Å². The van der Waals surface area contributed by atoms with Gasteiger partial charge in [0.15, 0.2) is 23.4 Å². The Labute approximate surface area is 169 Å². The van der Waals surface area contributed by atoms with Gasteiger partial charge in [-0.1, -0.05) is 13.3 Å². The summed E-state index contributed by atoms with van der Waals surface area (Å²) in [6.07, 6.45) is 1.62. The molecule has 0 bridgehead atoms. The Hall–Kier alpha value is -3.60. The Kier molecular flexibility index (Phi) is 7.54. The minimum Gasteiger partial charge on any atom is -0.493 e. The molecule has 8 nitrogen and oxygen atoms in total. The molecule has 0 saturated heterocycles. The van der Waals surface area contributed by atoms with Crippen LogP contribution in [0, 0.1) is 11.3 Å². The lowest BCUT2D eigenvalue weighted by atomic mass is 10.0. The molecule has 2 N–H and O–H groups in total. The fourth-order valence-electron chi connectivity index (χ4n) is 2.82. The number of amides is 1. The minimum absolute atomic E-state index is 0.0120. The van der Waals surface area contributed by atoms with E-state index in [9.17, 15) is 9.59 Å². The third-order valence-electron chi connectivity index (χ3n) is 4.23. The largest absolute Gasteiger partial charge is 0.493 e. The number of aromatic nitrogens is 1. The van der Waals surface area contributed by atoms with E-state index in [1.54, 1.807) is 24.3 Å². The predicted octanol–water partition coefficient (Wildman–Crippen LogP) is 2.43. The van der Waals surface area contributed by atoms with Gasteiger partial charge in [-0.2, -0.15) is 5.26 Å². The number of carbonyl (C=O) groups excluding carboxylic acids is 2. The zero-order chi connectivity index (χ0) is 21.4.